The molecule has 1 rings (SSSR count). The summed E-state index contributed by atoms with van der Waals surface area (Å²) in [5.74, 6) is -0.0893. The van der Waals surface area contributed by atoms with E-state index in [4.69, 9.17) is 5.26 Å². The second-order valence-electron chi connectivity index (χ2n) is 3.52. The van der Waals surface area contributed by atoms with Gasteiger partial charge in [-0.2, -0.15) is 5.26 Å². The van der Waals surface area contributed by atoms with Crippen LogP contribution in [0.25, 0.3) is 0 Å². The van der Waals surface area contributed by atoms with Crippen LogP contribution in [-0.2, 0) is 0 Å². The summed E-state index contributed by atoms with van der Waals surface area (Å²) >= 11 is 0. The fourth-order valence-electron chi connectivity index (χ4n) is 1.31. The molecule has 0 saturated heterocycles. The van der Waals surface area contributed by atoms with Gasteiger partial charge in [0.05, 0.1) is 12.0 Å². The molecule has 2 atom stereocenters. The van der Waals surface area contributed by atoms with Crippen molar-refractivity contribution in [2.24, 2.45) is 0 Å². The Kier molecular flexibility index (Phi) is 4.59. The van der Waals surface area contributed by atoms with Crippen LogP contribution in [0.15, 0.2) is 43.0 Å². The average molecular weight is 200 g/mol. The zero-order valence-electron chi connectivity index (χ0n) is 8.98. The van der Waals surface area contributed by atoms with Gasteiger partial charge in [0.25, 0.3) is 0 Å². The van der Waals surface area contributed by atoms with Crippen LogP contribution in [0.5, 0.6) is 0 Å². The molecule has 0 aromatic heterocycles. The molecule has 0 radical (unpaired) electrons. The van der Waals surface area contributed by atoms with E-state index in [-0.39, 0.29) is 12.0 Å². The fraction of sp³-hybridized carbons (Fsp3) is 0.308. The molecule has 1 N–H and O–H groups in total. The number of hydrogen-bond acceptors (Lipinski definition) is 2. The molecule has 0 amide bonds. The molecule has 0 saturated carbocycles. The highest BCUT2D eigenvalue weighted by Gasteiger charge is 2.09. The predicted molar refractivity (Wildman–Crippen MR) is 62.5 cm³/mol. The number of nitrogens with zero attached hydrogens (tertiary/aromatic N) is 1. The van der Waals surface area contributed by atoms with Crippen LogP contribution >= 0.6 is 0 Å². The highest BCUT2D eigenvalue weighted by atomic mass is 14.9. The topological polar surface area (TPSA) is 35.8 Å². The first-order chi connectivity index (χ1) is 7.27. The third-order valence-electron chi connectivity index (χ3n) is 2.36. The van der Waals surface area contributed by atoms with Crippen LogP contribution in [0.4, 0.5) is 0 Å². The minimum atomic E-state index is -0.0893. The van der Waals surface area contributed by atoms with Gasteiger partial charge < -0.3 is 5.32 Å². The zero-order valence-corrected chi connectivity index (χ0v) is 8.98. The Hall–Kier alpha value is -1.59. The number of rotatable bonds is 5. The van der Waals surface area contributed by atoms with Gasteiger partial charge in [-0.05, 0) is 12.5 Å². The molecule has 0 fully saturated rings. The van der Waals surface area contributed by atoms with Gasteiger partial charge in [0, 0.05) is 12.6 Å². The lowest BCUT2D eigenvalue weighted by Gasteiger charge is -2.13. The van der Waals surface area contributed by atoms with E-state index in [0.29, 0.717) is 6.54 Å². The third-order valence-corrected chi connectivity index (χ3v) is 2.36. The largest absolute Gasteiger partial charge is 0.309 e. The molecule has 0 heterocycles. The first-order valence-electron chi connectivity index (χ1n) is 5.08. The minimum Gasteiger partial charge on any atom is -0.309 e. The van der Waals surface area contributed by atoms with Crippen LogP contribution in [0.2, 0.25) is 0 Å². The minimum absolute atomic E-state index is 0.0893. The number of benzene rings is 1. The Morgan fingerprint density at radius 3 is 2.67 bits per heavy atom. The maximum Gasteiger partial charge on any atom is 0.0837 e. The van der Waals surface area contributed by atoms with Gasteiger partial charge in [-0.15, -0.1) is 6.58 Å². The van der Waals surface area contributed by atoms with Crippen molar-refractivity contribution in [2.45, 2.75) is 18.9 Å². The molecular formula is C13H16N2. The number of nitriles is 1. The van der Waals surface area contributed by atoms with E-state index in [2.05, 4.69) is 18.0 Å². The van der Waals surface area contributed by atoms with Crippen LogP contribution in [-0.4, -0.2) is 12.6 Å². The summed E-state index contributed by atoms with van der Waals surface area (Å²) in [4.78, 5) is 0. The summed E-state index contributed by atoms with van der Waals surface area (Å²) in [6.07, 6.45) is 1.83. The molecule has 78 valence electrons. The summed E-state index contributed by atoms with van der Waals surface area (Å²) in [5.41, 5.74) is 1.06. The maximum atomic E-state index is 9.05. The Balaban J connectivity index is 2.58. The smallest absolute Gasteiger partial charge is 0.0837 e. The van der Waals surface area contributed by atoms with Crippen molar-refractivity contribution in [3.8, 4) is 6.07 Å². The van der Waals surface area contributed by atoms with E-state index in [1.165, 1.54) is 0 Å². The van der Waals surface area contributed by atoms with Gasteiger partial charge in [-0.1, -0.05) is 36.4 Å². The average Bonchev–Trinajstić information content (AvgIpc) is 2.31. The molecule has 2 heteroatoms. The van der Waals surface area contributed by atoms with Gasteiger partial charge in [-0.3, -0.25) is 0 Å². The molecule has 2 unspecified atom stereocenters. The van der Waals surface area contributed by atoms with Crippen molar-refractivity contribution >= 4 is 0 Å². The second-order valence-corrected chi connectivity index (χ2v) is 3.52. The normalized spacial score (nSPS) is 13.9. The number of hydrogen-bond donors (Lipinski definition) is 1. The zero-order chi connectivity index (χ0) is 11.1. The predicted octanol–water partition coefficient (Wildman–Crippen LogP) is 2.46. The molecule has 0 bridgehead atoms. The summed E-state index contributed by atoms with van der Waals surface area (Å²) in [6.45, 7) is 6.37. The lowest BCUT2D eigenvalue weighted by molar-refractivity contribution is 0.607. The van der Waals surface area contributed by atoms with Gasteiger partial charge in [0.1, 0.15) is 0 Å². The molecule has 2 nitrogen and oxygen atoms in total. The summed E-state index contributed by atoms with van der Waals surface area (Å²) in [7, 11) is 0. The summed E-state index contributed by atoms with van der Waals surface area (Å²) in [6, 6.07) is 12.4. The molecule has 0 aliphatic rings. The number of nitrogens with one attached hydrogen (secondary N) is 1. The van der Waals surface area contributed by atoms with Crippen molar-refractivity contribution in [1.82, 2.24) is 5.32 Å². The molecule has 15 heavy (non-hydrogen) atoms. The third kappa shape index (κ3) is 3.57. The Morgan fingerprint density at radius 1 is 1.47 bits per heavy atom. The first-order valence-corrected chi connectivity index (χ1v) is 5.08. The SMILES string of the molecule is C=CC(C)NCC(C#N)c1ccccc1. The molecule has 0 spiro atoms. The van der Waals surface area contributed by atoms with Crippen LogP contribution < -0.4 is 5.32 Å². The van der Waals surface area contributed by atoms with E-state index < -0.39 is 0 Å². The molecule has 0 aliphatic carbocycles. The summed E-state index contributed by atoms with van der Waals surface area (Å²) in [5, 5.41) is 12.3. The molecular weight excluding hydrogens is 184 g/mol. The first kappa shape index (κ1) is 11.5. The van der Waals surface area contributed by atoms with Crippen molar-refractivity contribution in [3.05, 3.63) is 48.6 Å². The van der Waals surface area contributed by atoms with Crippen molar-refractivity contribution in [1.29, 1.82) is 5.26 Å². The van der Waals surface area contributed by atoms with E-state index in [1.807, 2.05) is 43.3 Å². The van der Waals surface area contributed by atoms with Crippen LogP contribution in [0.3, 0.4) is 0 Å². The van der Waals surface area contributed by atoms with Crippen molar-refractivity contribution in [2.75, 3.05) is 6.54 Å². The van der Waals surface area contributed by atoms with Gasteiger partial charge in [0.2, 0.25) is 0 Å². The summed E-state index contributed by atoms with van der Waals surface area (Å²) < 4.78 is 0. The lowest BCUT2D eigenvalue weighted by atomic mass is 10.0. The van der Waals surface area contributed by atoms with Gasteiger partial charge in [0.15, 0.2) is 0 Å². The highest BCUT2D eigenvalue weighted by Crippen LogP contribution is 2.13. The molecule has 1 aromatic rings. The fourth-order valence-corrected chi connectivity index (χ4v) is 1.31. The van der Waals surface area contributed by atoms with E-state index in [1.54, 1.807) is 0 Å². The van der Waals surface area contributed by atoms with Gasteiger partial charge in [-0.25, -0.2) is 0 Å². The van der Waals surface area contributed by atoms with E-state index in [9.17, 15) is 0 Å². The highest BCUT2D eigenvalue weighted by molar-refractivity contribution is 5.25. The second kappa shape index (κ2) is 6.00. The Morgan fingerprint density at radius 2 is 2.13 bits per heavy atom. The van der Waals surface area contributed by atoms with Crippen LogP contribution in [0.1, 0.15) is 18.4 Å². The quantitative estimate of drug-likeness (QED) is 0.741. The van der Waals surface area contributed by atoms with Crippen molar-refractivity contribution < 1.29 is 0 Å². The van der Waals surface area contributed by atoms with E-state index >= 15 is 0 Å². The monoisotopic (exact) mass is 200 g/mol. The van der Waals surface area contributed by atoms with Crippen molar-refractivity contribution in [3.63, 3.8) is 0 Å². The standard InChI is InChI=1S/C13H16N2/c1-3-11(2)15-10-13(9-14)12-7-5-4-6-8-12/h3-8,11,13,15H,1,10H2,2H3. The van der Waals surface area contributed by atoms with E-state index in [0.717, 1.165) is 5.56 Å². The lowest BCUT2D eigenvalue weighted by Crippen LogP contribution is -2.28. The maximum absolute atomic E-state index is 9.05. The Labute approximate surface area is 91.2 Å². The van der Waals surface area contributed by atoms with Crippen LogP contribution in [0, 0.1) is 11.3 Å². The molecule has 1 aromatic carbocycles. The van der Waals surface area contributed by atoms with Gasteiger partial charge >= 0.3 is 0 Å². The Bertz CT molecular complexity index is 337. The molecule has 0 aliphatic heterocycles.